The Labute approximate surface area is 86.3 Å². The van der Waals surface area contributed by atoms with E-state index in [4.69, 9.17) is 4.74 Å². The van der Waals surface area contributed by atoms with Gasteiger partial charge in [0, 0.05) is 4.88 Å². The van der Waals surface area contributed by atoms with E-state index >= 15 is 0 Å². The van der Waals surface area contributed by atoms with Crippen LogP contribution in [0.1, 0.15) is 10.6 Å². The summed E-state index contributed by atoms with van der Waals surface area (Å²) in [6.45, 7) is 4.59. The summed E-state index contributed by atoms with van der Waals surface area (Å²) < 4.78 is 18.2. The Balaban J connectivity index is 2.03. The number of alkyl halides is 1. The lowest BCUT2D eigenvalue weighted by Crippen LogP contribution is -2.28. The maximum Gasteiger partial charge on any atom is 0.183 e. The van der Waals surface area contributed by atoms with Crippen molar-refractivity contribution >= 4 is 16.5 Å². The molecule has 0 aliphatic carbocycles. The molecule has 0 bridgehead atoms. The van der Waals surface area contributed by atoms with Crippen molar-refractivity contribution in [2.45, 2.75) is 26.1 Å². The SMILES string of the molecule is Cc1nc(NC2COCC2F)sc1C. The molecule has 2 unspecified atom stereocenters. The number of rotatable bonds is 2. The van der Waals surface area contributed by atoms with Gasteiger partial charge in [0.15, 0.2) is 5.13 Å². The van der Waals surface area contributed by atoms with Crippen LogP contribution in [-0.2, 0) is 4.74 Å². The molecule has 0 amide bonds. The van der Waals surface area contributed by atoms with Gasteiger partial charge >= 0.3 is 0 Å². The molecule has 1 aromatic heterocycles. The molecule has 2 rings (SSSR count). The number of hydrogen-bond donors (Lipinski definition) is 1. The average molecular weight is 216 g/mol. The third-order valence-electron chi connectivity index (χ3n) is 2.35. The van der Waals surface area contributed by atoms with Crippen molar-refractivity contribution in [2.24, 2.45) is 0 Å². The van der Waals surface area contributed by atoms with Crippen LogP contribution in [-0.4, -0.2) is 30.4 Å². The summed E-state index contributed by atoms with van der Waals surface area (Å²) in [4.78, 5) is 5.46. The highest BCUT2D eigenvalue weighted by Gasteiger charge is 2.28. The van der Waals surface area contributed by atoms with Crippen molar-refractivity contribution in [3.63, 3.8) is 0 Å². The second-order valence-electron chi connectivity index (χ2n) is 3.46. The van der Waals surface area contributed by atoms with Gasteiger partial charge in [-0.1, -0.05) is 0 Å². The Bertz CT molecular complexity index is 309. The monoisotopic (exact) mass is 216 g/mol. The third kappa shape index (κ3) is 1.88. The molecular formula is C9H13FN2OS. The first-order valence-electron chi connectivity index (χ1n) is 4.59. The molecule has 1 aliphatic rings. The number of nitrogens with one attached hydrogen (secondary N) is 1. The fraction of sp³-hybridized carbons (Fsp3) is 0.667. The molecule has 5 heteroatoms. The van der Waals surface area contributed by atoms with Crippen LogP contribution >= 0.6 is 11.3 Å². The van der Waals surface area contributed by atoms with Crippen LogP contribution in [0, 0.1) is 13.8 Å². The molecule has 14 heavy (non-hydrogen) atoms. The maximum absolute atomic E-state index is 13.2. The first-order valence-corrected chi connectivity index (χ1v) is 5.41. The van der Waals surface area contributed by atoms with Crippen molar-refractivity contribution in [2.75, 3.05) is 18.5 Å². The van der Waals surface area contributed by atoms with E-state index in [0.29, 0.717) is 6.61 Å². The van der Waals surface area contributed by atoms with Gasteiger partial charge < -0.3 is 10.1 Å². The minimum atomic E-state index is -0.917. The highest BCUT2D eigenvalue weighted by atomic mass is 32.1. The molecule has 78 valence electrons. The molecule has 1 saturated heterocycles. The summed E-state index contributed by atoms with van der Waals surface area (Å²) >= 11 is 1.56. The van der Waals surface area contributed by atoms with Gasteiger partial charge in [-0.3, -0.25) is 0 Å². The number of aromatic nitrogens is 1. The summed E-state index contributed by atoms with van der Waals surface area (Å²) in [5, 5.41) is 3.85. The lowest BCUT2D eigenvalue weighted by molar-refractivity contribution is 0.173. The first kappa shape index (κ1) is 9.86. The van der Waals surface area contributed by atoms with Gasteiger partial charge in [-0.2, -0.15) is 0 Å². The van der Waals surface area contributed by atoms with Crippen molar-refractivity contribution in [1.29, 1.82) is 0 Å². The Hall–Kier alpha value is -0.680. The van der Waals surface area contributed by atoms with Gasteiger partial charge in [-0.25, -0.2) is 9.37 Å². The zero-order chi connectivity index (χ0) is 10.1. The van der Waals surface area contributed by atoms with E-state index in [1.807, 2.05) is 13.8 Å². The van der Waals surface area contributed by atoms with Crippen LogP contribution in [0.2, 0.25) is 0 Å². The number of halogens is 1. The fourth-order valence-corrected chi connectivity index (χ4v) is 2.23. The van der Waals surface area contributed by atoms with Crippen molar-refractivity contribution in [3.8, 4) is 0 Å². The number of ether oxygens (including phenoxy) is 1. The number of aryl methyl sites for hydroxylation is 2. The highest BCUT2D eigenvalue weighted by molar-refractivity contribution is 7.15. The summed E-state index contributed by atoms with van der Waals surface area (Å²) in [5.41, 5.74) is 1.01. The minimum absolute atomic E-state index is 0.195. The van der Waals surface area contributed by atoms with E-state index in [2.05, 4.69) is 10.3 Å². The zero-order valence-electron chi connectivity index (χ0n) is 8.21. The standard InChI is InChI=1S/C9H13FN2OS/c1-5-6(2)14-9(11-5)12-8-4-13-3-7(8)10/h7-8H,3-4H2,1-2H3,(H,11,12). The Morgan fingerprint density at radius 2 is 2.29 bits per heavy atom. The van der Waals surface area contributed by atoms with Gasteiger partial charge in [-0.15, -0.1) is 11.3 Å². The number of nitrogens with zero attached hydrogens (tertiary/aromatic N) is 1. The Morgan fingerprint density at radius 1 is 1.50 bits per heavy atom. The smallest absolute Gasteiger partial charge is 0.183 e. The predicted molar refractivity (Wildman–Crippen MR) is 54.7 cm³/mol. The van der Waals surface area contributed by atoms with Gasteiger partial charge in [0.05, 0.1) is 24.9 Å². The highest BCUT2D eigenvalue weighted by Crippen LogP contribution is 2.23. The van der Waals surface area contributed by atoms with Crippen LogP contribution < -0.4 is 5.32 Å². The quantitative estimate of drug-likeness (QED) is 0.820. The van der Waals surface area contributed by atoms with Gasteiger partial charge in [0.25, 0.3) is 0 Å². The van der Waals surface area contributed by atoms with Crippen molar-refractivity contribution in [3.05, 3.63) is 10.6 Å². The molecule has 0 saturated carbocycles. The van der Waals surface area contributed by atoms with Crippen molar-refractivity contribution < 1.29 is 9.13 Å². The third-order valence-corrected chi connectivity index (χ3v) is 3.35. The number of thiazole rings is 1. The second kappa shape index (κ2) is 3.82. The molecule has 2 heterocycles. The summed E-state index contributed by atoms with van der Waals surface area (Å²) in [7, 11) is 0. The van der Waals surface area contributed by atoms with E-state index in [1.54, 1.807) is 11.3 Å². The molecule has 0 radical (unpaired) electrons. The van der Waals surface area contributed by atoms with Gasteiger partial charge in [0.2, 0.25) is 0 Å². The second-order valence-corrected chi connectivity index (χ2v) is 4.67. The van der Waals surface area contributed by atoms with Crippen LogP contribution in [0.15, 0.2) is 0 Å². The average Bonchev–Trinajstić information content (AvgIpc) is 2.63. The Morgan fingerprint density at radius 3 is 2.79 bits per heavy atom. The number of anilines is 1. The van der Waals surface area contributed by atoms with Crippen molar-refractivity contribution in [1.82, 2.24) is 4.98 Å². The van der Waals surface area contributed by atoms with Gasteiger partial charge in [-0.05, 0) is 13.8 Å². The molecule has 1 aliphatic heterocycles. The first-order chi connectivity index (χ1) is 6.66. The molecule has 0 spiro atoms. The van der Waals surface area contributed by atoms with E-state index in [-0.39, 0.29) is 12.6 Å². The van der Waals surface area contributed by atoms with Crippen LogP contribution in [0.3, 0.4) is 0 Å². The van der Waals surface area contributed by atoms with Crippen LogP contribution in [0.4, 0.5) is 9.52 Å². The lowest BCUT2D eigenvalue weighted by Gasteiger charge is -2.11. The van der Waals surface area contributed by atoms with Crippen LogP contribution in [0.5, 0.6) is 0 Å². The largest absolute Gasteiger partial charge is 0.376 e. The molecule has 1 fully saturated rings. The molecule has 1 N–H and O–H groups in total. The number of hydrogen-bond acceptors (Lipinski definition) is 4. The Kier molecular flexibility index (Phi) is 2.69. The fourth-order valence-electron chi connectivity index (χ4n) is 1.35. The van der Waals surface area contributed by atoms with Crippen LogP contribution in [0.25, 0.3) is 0 Å². The normalized spacial score (nSPS) is 26.8. The zero-order valence-corrected chi connectivity index (χ0v) is 9.03. The van der Waals surface area contributed by atoms with E-state index in [1.165, 1.54) is 4.88 Å². The minimum Gasteiger partial charge on any atom is -0.376 e. The molecule has 0 aromatic carbocycles. The summed E-state index contributed by atoms with van der Waals surface area (Å²) in [6, 6.07) is -0.236. The predicted octanol–water partition coefficient (Wildman–Crippen LogP) is 1.91. The summed E-state index contributed by atoms with van der Waals surface area (Å²) in [5.74, 6) is 0. The summed E-state index contributed by atoms with van der Waals surface area (Å²) in [6.07, 6.45) is -0.917. The van der Waals surface area contributed by atoms with Gasteiger partial charge in [0.1, 0.15) is 6.17 Å². The maximum atomic E-state index is 13.2. The lowest BCUT2D eigenvalue weighted by atomic mass is 10.2. The van der Waals surface area contributed by atoms with E-state index in [9.17, 15) is 4.39 Å². The molecule has 1 aromatic rings. The topological polar surface area (TPSA) is 34.2 Å². The van der Waals surface area contributed by atoms with E-state index < -0.39 is 6.17 Å². The molecule has 2 atom stereocenters. The van der Waals surface area contributed by atoms with E-state index in [0.717, 1.165) is 10.8 Å². The molecule has 3 nitrogen and oxygen atoms in total. The molecular weight excluding hydrogens is 203 g/mol.